The van der Waals surface area contributed by atoms with E-state index >= 15 is 0 Å². The topological polar surface area (TPSA) is 33.1 Å². The Labute approximate surface area is 122 Å². The van der Waals surface area contributed by atoms with Crippen LogP contribution in [0.15, 0.2) is 18.5 Å². The number of rotatable bonds is 2. The standard InChI is InChI=1S/C18H27NO/c1-14-11-16(13-19-12-14)18(20)10-6-5-9-17(18)15-7-3-2-4-8-15/h11-13,15,17,20H,2-10H2,1H3. The number of pyridine rings is 1. The molecule has 2 fully saturated rings. The average Bonchev–Trinajstić information content (AvgIpc) is 2.49. The van der Waals surface area contributed by atoms with Crippen LogP contribution in [0.25, 0.3) is 0 Å². The van der Waals surface area contributed by atoms with Crippen molar-refractivity contribution in [2.45, 2.75) is 70.3 Å². The second-order valence-electron chi connectivity index (χ2n) is 6.93. The number of aliphatic hydroxyl groups is 1. The fourth-order valence-corrected chi connectivity index (χ4v) is 4.50. The van der Waals surface area contributed by atoms with Crippen LogP contribution < -0.4 is 0 Å². The van der Waals surface area contributed by atoms with Gasteiger partial charge in [-0.25, -0.2) is 0 Å². The van der Waals surface area contributed by atoms with Crippen molar-refractivity contribution in [3.63, 3.8) is 0 Å². The Hall–Kier alpha value is -0.890. The van der Waals surface area contributed by atoms with E-state index in [1.54, 1.807) is 0 Å². The van der Waals surface area contributed by atoms with Crippen molar-refractivity contribution in [2.75, 3.05) is 0 Å². The minimum Gasteiger partial charge on any atom is -0.385 e. The number of aromatic nitrogens is 1. The first-order chi connectivity index (χ1) is 9.70. The summed E-state index contributed by atoms with van der Waals surface area (Å²) < 4.78 is 0. The summed E-state index contributed by atoms with van der Waals surface area (Å²) in [5.41, 5.74) is 1.59. The lowest BCUT2D eigenvalue weighted by molar-refractivity contribution is -0.0837. The van der Waals surface area contributed by atoms with Crippen LogP contribution in [-0.4, -0.2) is 10.1 Å². The highest BCUT2D eigenvalue weighted by atomic mass is 16.3. The average molecular weight is 273 g/mol. The molecular formula is C18H27NO. The Morgan fingerprint density at radius 2 is 1.80 bits per heavy atom. The van der Waals surface area contributed by atoms with E-state index in [0.29, 0.717) is 5.92 Å². The van der Waals surface area contributed by atoms with Gasteiger partial charge in [0.05, 0.1) is 5.60 Å². The Balaban J connectivity index is 1.90. The summed E-state index contributed by atoms with van der Waals surface area (Å²) >= 11 is 0. The molecule has 0 aromatic carbocycles. The molecule has 20 heavy (non-hydrogen) atoms. The summed E-state index contributed by atoms with van der Waals surface area (Å²) in [6.07, 6.45) is 15.0. The Bertz CT molecular complexity index is 452. The van der Waals surface area contributed by atoms with Crippen LogP contribution in [0, 0.1) is 18.8 Å². The highest BCUT2D eigenvalue weighted by molar-refractivity contribution is 5.25. The van der Waals surface area contributed by atoms with Gasteiger partial charge in [0.25, 0.3) is 0 Å². The van der Waals surface area contributed by atoms with Crippen molar-refractivity contribution in [1.29, 1.82) is 0 Å². The van der Waals surface area contributed by atoms with Gasteiger partial charge in [0.15, 0.2) is 0 Å². The number of hydrogen-bond acceptors (Lipinski definition) is 2. The molecule has 1 aromatic rings. The normalized spacial score (nSPS) is 32.2. The predicted molar refractivity (Wildman–Crippen MR) is 81.4 cm³/mol. The highest BCUT2D eigenvalue weighted by Crippen LogP contribution is 2.48. The first-order valence-corrected chi connectivity index (χ1v) is 8.35. The Kier molecular flexibility index (Phi) is 4.11. The van der Waals surface area contributed by atoms with Gasteiger partial charge < -0.3 is 5.11 Å². The van der Waals surface area contributed by atoms with Gasteiger partial charge in [-0.15, -0.1) is 0 Å². The molecule has 110 valence electrons. The summed E-state index contributed by atoms with van der Waals surface area (Å²) in [7, 11) is 0. The SMILES string of the molecule is Cc1cncc(C2(O)CCCCC2C2CCCCC2)c1. The molecule has 2 heteroatoms. The molecule has 1 N–H and O–H groups in total. The van der Waals surface area contributed by atoms with Crippen molar-refractivity contribution < 1.29 is 5.11 Å². The third-order valence-corrected chi connectivity index (χ3v) is 5.53. The van der Waals surface area contributed by atoms with Gasteiger partial charge in [-0.3, -0.25) is 4.98 Å². The maximum absolute atomic E-state index is 11.4. The van der Waals surface area contributed by atoms with Crippen LogP contribution in [0.1, 0.15) is 68.9 Å². The third-order valence-electron chi connectivity index (χ3n) is 5.53. The number of aryl methyl sites for hydroxylation is 1. The lowest BCUT2D eigenvalue weighted by Gasteiger charge is -2.45. The molecule has 0 bridgehead atoms. The first kappa shape index (κ1) is 14.1. The monoisotopic (exact) mass is 273 g/mol. The van der Waals surface area contributed by atoms with Gasteiger partial charge in [0.2, 0.25) is 0 Å². The van der Waals surface area contributed by atoms with Gasteiger partial charge in [-0.2, -0.15) is 0 Å². The minimum atomic E-state index is -0.626. The molecule has 3 rings (SSSR count). The maximum atomic E-state index is 11.4. The minimum absolute atomic E-state index is 0.445. The van der Waals surface area contributed by atoms with E-state index in [9.17, 15) is 5.11 Å². The van der Waals surface area contributed by atoms with E-state index in [2.05, 4.69) is 18.0 Å². The lowest BCUT2D eigenvalue weighted by Crippen LogP contribution is -2.42. The lowest BCUT2D eigenvalue weighted by atomic mass is 9.63. The van der Waals surface area contributed by atoms with Crippen molar-refractivity contribution in [3.8, 4) is 0 Å². The Morgan fingerprint density at radius 1 is 1.05 bits per heavy atom. The van der Waals surface area contributed by atoms with E-state index in [4.69, 9.17) is 0 Å². The van der Waals surface area contributed by atoms with E-state index in [0.717, 1.165) is 29.9 Å². The summed E-state index contributed by atoms with van der Waals surface area (Å²) in [6.45, 7) is 2.07. The van der Waals surface area contributed by atoms with Crippen molar-refractivity contribution >= 4 is 0 Å². The molecule has 2 saturated carbocycles. The summed E-state index contributed by atoms with van der Waals surface area (Å²) in [6, 6.07) is 2.15. The van der Waals surface area contributed by atoms with Crippen LogP contribution in [-0.2, 0) is 5.60 Å². The molecule has 2 nitrogen and oxygen atoms in total. The largest absolute Gasteiger partial charge is 0.385 e. The van der Waals surface area contributed by atoms with Crippen LogP contribution in [0.2, 0.25) is 0 Å². The molecule has 0 spiro atoms. The van der Waals surface area contributed by atoms with Crippen LogP contribution >= 0.6 is 0 Å². The van der Waals surface area contributed by atoms with Gasteiger partial charge in [-0.05, 0) is 37.2 Å². The van der Waals surface area contributed by atoms with E-state index in [1.807, 2.05) is 12.4 Å². The van der Waals surface area contributed by atoms with Crippen molar-refractivity contribution in [3.05, 3.63) is 29.6 Å². The molecule has 0 saturated heterocycles. The molecule has 0 amide bonds. The molecule has 1 heterocycles. The fraction of sp³-hybridized carbons (Fsp3) is 0.722. The van der Waals surface area contributed by atoms with Gasteiger partial charge in [0, 0.05) is 18.0 Å². The van der Waals surface area contributed by atoms with E-state index in [1.165, 1.54) is 44.9 Å². The maximum Gasteiger partial charge on any atom is 0.0942 e. The molecular weight excluding hydrogens is 246 g/mol. The molecule has 2 unspecified atom stereocenters. The summed E-state index contributed by atoms with van der Waals surface area (Å²) in [5.74, 6) is 1.16. The number of nitrogens with zero attached hydrogens (tertiary/aromatic N) is 1. The highest BCUT2D eigenvalue weighted by Gasteiger charge is 2.44. The van der Waals surface area contributed by atoms with E-state index in [-0.39, 0.29) is 0 Å². The molecule has 1 aromatic heterocycles. The molecule has 2 atom stereocenters. The number of hydrogen-bond donors (Lipinski definition) is 1. The zero-order valence-corrected chi connectivity index (χ0v) is 12.6. The van der Waals surface area contributed by atoms with Crippen LogP contribution in [0.4, 0.5) is 0 Å². The van der Waals surface area contributed by atoms with Gasteiger partial charge in [0.1, 0.15) is 0 Å². The quantitative estimate of drug-likeness (QED) is 0.869. The molecule has 0 radical (unpaired) electrons. The molecule has 2 aliphatic rings. The second kappa shape index (κ2) is 5.85. The predicted octanol–water partition coefficient (Wildman–Crippen LogP) is 4.35. The smallest absolute Gasteiger partial charge is 0.0942 e. The van der Waals surface area contributed by atoms with Crippen molar-refractivity contribution in [1.82, 2.24) is 4.98 Å². The van der Waals surface area contributed by atoms with Crippen LogP contribution in [0.3, 0.4) is 0 Å². The van der Waals surface area contributed by atoms with E-state index < -0.39 is 5.60 Å². The zero-order valence-electron chi connectivity index (χ0n) is 12.6. The summed E-state index contributed by atoms with van der Waals surface area (Å²) in [4.78, 5) is 4.32. The fourth-order valence-electron chi connectivity index (χ4n) is 4.50. The second-order valence-corrected chi connectivity index (χ2v) is 6.93. The zero-order chi connectivity index (χ0) is 14.0. The molecule has 2 aliphatic carbocycles. The van der Waals surface area contributed by atoms with Crippen molar-refractivity contribution in [2.24, 2.45) is 11.8 Å². The first-order valence-electron chi connectivity index (χ1n) is 8.35. The summed E-state index contributed by atoms with van der Waals surface area (Å²) in [5, 5.41) is 11.4. The molecule has 0 aliphatic heterocycles. The Morgan fingerprint density at radius 3 is 2.55 bits per heavy atom. The van der Waals surface area contributed by atoms with Crippen LogP contribution in [0.5, 0.6) is 0 Å². The van der Waals surface area contributed by atoms with Gasteiger partial charge >= 0.3 is 0 Å². The third kappa shape index (κ3) is 2.63. The van der Waals surface area contributed by atoms with Gasteiger partial charge in [-0.1, -0.05) is 51.0 Å².